The third-order valence-corrected chi connectivity index (χ3v) is 3.34. The molecule has 0 radical (unpaired) electrons. The standard InChI is InChI=1S/C12H13N3O/c13-12(16)11-7-14-6-9-5-8-3-1-2-4-10(8)15(9)11/h1-2,4,6-9H,3,5H2,(H2,13,16). The molecule has 0 aromatic heterocycles. The first-order chi connectivity index (χ1) is 7.77. The molecule has 2 unspecified atom stereocenters. The van der Waals surface area contributed by atoms with Crippen molar-refractivity contribution < 1.29 is 4.79 Å². The lowest BCUT2D eigenvalue weighted by atomic mass is 9.96. The quantitative estimate of drug-likeness (QED) is 0.707. The molecule has 0 spiro atoms. The topological polar surface area (TPSA) is 58.7 Å². The molecule has 2 atom stereocenters. The average molecular weight is 215 g/mol. The average Bonchev–Trinajstić information content (AvgIpc) is 2.66. The van der Waals surface area contributed by atoms with E-state index in [9.17, 15) is 4.79 Å². The van der Waals surface area contributed by atoms with Crippen LogP contribution in [0, 0.1) is 5.92 Å². The summed E-state index contributed by atoms with van der Waals surface area (Å²) in [5, 5.41) is 0. The van der Waals surface area contributed by atoms with Crippen LogP contribution in [0.1, 0.15) is 12.8 Å². The molecule has 3 rings (SSSR count). The van der Waals surface area contributed by atoms with Gasteiger partial charge in [-0.3, -0.25) is 9.79 Å². The second kappa shape index (κ2) is 3.33. The summed E-state index contributed by atoms with van der Waals surface area (Å²) < 4.78 is 0. The minimum absolute atomic E-state index is 0.198. The first-order valence-electron chi connectivity index (χ1n) is 5.46. The summed E-state index contributed by atoms with van der Waals surface area (Å²) in [7, 11) is 0. The van der Waals surface area contributed by atoms with Crippen molar-refractivity contribution in [2.24, 2.45) is 16.6 Å². The molecule has 1 fully saturated rings. The van der Waals surface area contributed by atoms with Crippen molar-refractivity contribution >= 4 is 12.1 Å². The van der Waals surface area contributed by atoms with Crippen LogP contribution in [0.15, 0.2) is 40.8 Å². The van der Waals surface area contributed by atoms with Gasteiger partial charge in [-0.25, -0.2) is 0 Å². The van der Waals surface area contributed by atoms with E-state index in [0.717, 1.165) is 12.8 Å². The fourth-order valence-corrected chi connectivity index (χ4v) is 2.65. The Hall–Kier alpha value is -1.84. The number of amides is 1. The van der Waals surface area contributed by atoms with Gasteiger partial charge in [-0.05, 0) is 18.9 Å². The lowest BCUT2D eigenvalue weighted by molar-refractivity contribution is -0.115. The summed E-state index contributed by atoms with van der Waals surface area (Å²) in [5.41, 5.74) is 7.09. The van der Waals surface area contributed by atoms with Crippen molar-refractivity contribution in [3.63, 3.8) is 0 Å². The van der Waals surface area contributed by atoms with Gasteiger partial charge in [0.1, 0.15) is 5.70 Å². The summed E-state index contributed by atoms with van der Waals surface area (Å²) in [6, 6.07) is 0.198. The zero-order valence-corrected chi connectivity index (χ0v) is 8.84. The Morgan fingerprint density at radius 1 is 1.56 bits per heavy atom. The molecular weight excluding hydrogens is 202 g/mol. The van der Waals surface area contributed by atoms with Crippen molar-refractivity contribution in [3.8, 4) is 0 Å². The predicted octanol–water partition coefficient (Wildman–Crippen LogP) is 0.932. The molecule has 4 heteroatoms. The van der Waals surface area contributed by atoms with E-state index in [1.165, 1.54) is 5.70 Å². The number of fused-ring (bicyclic) bond motifs is 3. The highest BCUT2D eigenvalue weighted by molar-refractivity contribution is 5.93. The number of hydrogen-bond donors (Lipinski definition) is 1. The Morgan fingerprint density at radius 3 is 3.25 bits per heavy atom. The summed E-state index contributed by atoms with van der Waals surface area (Å²) in [4.78, 5) is 17.5. The van der Waals surface area contributed by atoms with E-state index in [4.69, 9.17) is 5.73 Å². The molecule has 1 saturated heterocycles. The van der Waals surface area contributed by atoms with E-state index in [1.54, 1.807) is 6.20 Å². The summed E-state index contributed by atoms with van der Waals surface area (Å²) in [6.45, 7) is 0. The number of primary amides is 1. The molecule has 0 bridgehead atoms. The number of carbonyl (C=O) groups excluding carboxylic acids is 1. The van der Waals surface area contributed by atoms with Crippen molar-refractivity contribution in [1.29, 1.82) is 0 Å². The first-order valence-corrected chi connectivity index (χ1v) is 5.46. The Morgan fingerprint density at radius 2 is 2.44 bits per heavy atom. The van der Waals surface area contributed by atoms with Crippen molar-refractivity contribution in [1.82, 2.24) is 4.90 Å². The minimum Gasteiger partial charge on any atom is -0.364 e. The van der Waals surface area contributed by atoms with Gasteiger partial charge >= 0.3 is 0 Å². The monoisotopic (exact) mass is 215 g/mol. The first kappa shape index (κ1) is 9.39. The second-order valence-corrected chi connectivity index (χ2v) is 4.30. The molecular formula is C12H13N3O. The molecule has 2 aliphatic heterocycles. The van der Waals surface area contributed by atoms with Gasteiger partial charge in [0.05, 0.1) is 12.2 Å². The van der Waals surface area contributed by atoms with Gasteiger partial charge in [0.15, 0.2) is 0 Å². The van der Waals surface area contributed by atoms with Gasteiger partial charge in [0, 0.05) is 17.8 Å². The second-order valence-electron chi connectivity index (χ2n) is 4.30. The van der Waals surface area contributed by atoms with E-state index in [1.807, 2.05) is 17.2 Å². The molecule has 4 nitrogen and oxygen atoms in total. The van der Waals surface area contributed by atoms with Crippen LogP contribution in [0.5, 0.6) is 0 Å². The van der Waals surface area contributed by atoms with Crippen LogP contribution >= 0.6 is 0 Å². The maximum atomic E-state index is 11.4. The number of hydrogen-bond acceptors (Lipinski definition) is 3. The molecule has 16 heavy (non-hydrogen) atoms. The maximum absolute atomic E-state index is 11.4. The van der Waals surface area contributed by atoms with Crippen LogP contribution in [0.3, 0.4) is 0 Å². The summed E-state index contributed by atoms with van der Waals surface area (Å²) >= 11 is 0. The van der Waals surface area contributed by atoms with E-state index in [-0.39, 0.29) is 6.04 Å². The number of nitrogens with two attached hydrogens (primary N) is 1. The van der Waals surface area contributed by atoms with Crippen LogP contribution in [0.2, 0.25) is 0 Å². The number of allylic oxidation sites excluding steroid dienone is 4. The van der Waals surface area contributed by atoms with E-state index >= 15 is 0 Å². The molecule has 2 heterocycles. The largest absolute Gasteiger partial charge is 0.364 e. The van der Waals surface area contributed by atoms with E-state index < -0.39 is 5.91 Å². The van der Waals surface area contributed by atoms with Crippen LogP contribution in [-0.4, -0.2) is 23.1 Å². The lowest BCUT2D eigenvalue weighted by Gasteiger charge is -2.29. The molecule has 2 N–H and O–H groups in total. The van der Waals surface area contributed by atoms with Crippen LogP contribution in [0.25, 0.3) is 0 Å². The van der Waals surface area contributed by atoms with Gasteiger partial charge in [0.2, 0.25) is 0 Å². The normalized spacial score (nSPS) is 30.6. The highest BCUT2D eigenvalue weighted by atomic mass is 16.1. The van der Waals surface area contributed by atoms with Gasteiger partial charge < -0.3 is 10.6 Å². The number of rotatable bonds is 1. The van der Waals surface area contributed by atoms with Gasteiger partial charge in [-0.15, -0.1) is 0 Å². The van der Waals surface area contributed by atoms with Crippen LogP contribution in [-0.2, 0) is 4.79 Å². The molecule has 0 saturated carbocycles. The SMILES string of the molecule is NC(=O)C1=CN=CC2CC3CC=CC=C3N12. The fourth-order valence-electron chi connectivity index (χ4n) is 2.65. The van der Waals surface area contributed by atoms with Crippen molar-refractivity contribution in [2.75, 3.05) is 0 Å². The third kappa shape index (κ3) is 1.23. The maximum Gasteiger partial charge on any atom is 0.266 e. The Bertz CT molecular complexity index is 459. The Kier molecular flexibility index (Phi) is 1.96. The molecule has 0 aromatic carbocycles. The van der Waals surface area contributed by atoms with Crippen LogP contribution in [0.4, 0.5) is 0 Å². The highest BCUT2D eigenvalue weighted by Crippen LogP contribution is 2.40. The van der Waals surface area contributed by atoms with Gasteiger partial charge in [0.25, 0.3) is 5.91 Å². The van der Waals surface area contributed by atoms with Gasteiger partial charge in [-0.1, -0.05) is 12.2 Å². The Labute approximate surface area is 93.8 Å². The number of carbonyl (C=O) groups is 1. The van der Waals surface area contributed by atoms with Gasteiger partial charge in [-0.2, -0.15) is 0 Å². The van der Waals surface area contributed by atoms with E-state index in [2.05, 4.69) is 17.1 Å². The van der Waals surface area contributed by atoms with Crippen LogP contribution < -0.4 is 5.73 Å². The number of nitrogens with zero attached hydrogens (tertiary/aromatic N) is 2. The molecule has 0 aromatic rings. The molecule has 1 aliphatic carbocycles. The molecule has 82 valence electrons. The molecule has 1 amide bonds. The zero-order chi connectivity index (χ0) is 11.1. The van der Waals surface area contributed by atoms with Crippen molar-refractivity contribution in [2.45, 2.75) is 18.9 Å². The molecule has 3 aliphatic rings. The lowest BCUT2D eigenvalue weighted by Crippen LogP contribution is -2.37. The predicted molar refractivity (Wildman–Crippen MR) is 61.3 cm³/mol. The summed E-state index contributed by atoms with van der Waals surface area (Å²) in [6.07, 6.45) is 11.8. The van der Waals surface area contributed by atoms with Crippen molar-refractivity contribution in [3.05, 3.63) is 35.8 Å². The zero-order valence-electron chi connectivity index (χ0n) is 8.84. The Balaban J connectivity index is 2.03. The minimum atomic E-state index is -0.405. The third-order valence-electron chi connectivity index (χ3n) is 3.34. The smallest absolute Gasteiger partial charge is 0.266 e. The highest BCUT2D eigenvalue weighted by Gasteiger charge is 2.39. The fraction of sp³-hybridized carbons (Fsp3) is 0.333. The summed E-state index contributed by atoms with van der Waals surface area (Å²) in [5.74, 6) is 0.0975. The number of aliphatic imine (C=N–C) groups is 1. The van der Waals surface area contributed by atoms with E-state index in [0.29, 0.717) is 11.6 Å².